The van der Waals surface area contributed by atoms with Crippen molar-refractivity contribution >= 4 is 0 Å². The molecule has 5 heteroatoms. The van der Waals surface area contributed by atoms with Crippen molar-refractivity contribution in [2.75, 3.05) is 7.05 Å². The quantitative estimate of drug-likeness (QED) is 0.434. The van der Waals surface area contributed by atoms with E-state index in [9.17, 15) is 20.4 Å². The molecule has 13 heavy (non-hydrogen) atoms. The van der Waals surface area contributed by atoms with Crippen molar-refractivity contribution in [1.82, 2.24) is 0 Å². The second-order valence-electron chi connectivity index (χ2n) is 3.23. The first-order valence-corrected chi connectivity index (χ1v) is 4.02. The van der Waals surface area contributed by atoms with E-state index in [0.717, 1.165) is 0 Å². The molecule has 0 fully saturated rings. The molecule has 1 aliphatic carbocycles. The third kappa shape index (κ3) is 1.34. The lowest BCUT2D eigenvalue weighted by Gasteiger charge is -2.36. The molecule has 0 aromatic carbocycles. The Kier molecular flexibility index (Phi) is 2.63. The highest BCUT2D eigenvalue weighted by molar-refractivity contribution is 5.34. The smallest absolute Gasteiger partial charge is 0.147 e. The van der Waals surface area contributed by atoms with Gasteiger partial charge in [-0.05, 0) is 6.92 Å². The van der Waals surface area contributed by atoms with Gasteiger partial charge in [0.25, 0.3) is 0 Å². The highest BCUT2D eigenvalue weighted by atomic mass is 16.4. The van der Waals surface area contributed by atoms with Crippen LogP contribution in [-0.2, 0) is 0 Å². The van der Waals surface area contributed by atoms with Crippen molar-refractivity contribution in [3.05, 3.63) is 17.1 Å². The molecule has 1 rings (SSSR count). The van der Waals surface area contributed by atoms with Crippen LogP contribution in [0.15, 0.2) is 11.8 Å². The molecule has 0 spiro atoms. The number of nitrogens with zero attached hydrogens (tertiary/aromatic N) is 1. The van der Waals surface area contributed by atoms with E-state index in [2.05, 4.69) is 5.32 Å². The molecule has 4 unspecified atom stereocenters. The Morgan fingerprint density at radius 2 is 2.08 bits per heavy atom. The second kappa shape index (κ2) is 3.26. The van der Waals surface area contributed by atoms with Crippen LogP contribution in [0.4, 0.5) is 0 Å². The third-order valence-corrected chi connectivity index (χ3v) is 2.45. The Morgan fingerprint density at radius 3 is 2.31 bits per heavy atom. The topological polar surface area (TPSA) is 95.0 Å². The summed E-state index contributed by atoms with van der Waals surface area (Å²) in [6.07, 6.45) is -2.63. The number of aliphatic hydroxyl groups excluding tert-OH is 3. The molecule has 0 heterocycles. The van der Waals surface area contributed by atoms with Crippen molar-refractivity contribution in [3.8, 4) is 0 Å². The van der Waals surface area contributed by atoms with Crippen LogP contribution < -0.4 is 0 Å². The summed E-state index contributed by atoms with van der Waals surface area (Å²) in [7, 11) is 1.44. The van der Waals surface area contributed by atoms with Crippen LogP contribution in [0.25, 0.3) is 5.32 Å². The number of hydrogen-bond donors (Lipinski definition) is 4. The summed E-state index contributed by atoms with van der Waals surface area (Å²) >= 11 is 0. The maximum Gasteiger partial charge on any atom is 0.147 e. The maximum atomic E-state index is 9.75. The minimum atomic E-state index is -1.94. The fraction of sp³-hybridized carbons (Fsp3) is 0.750. The molecule has 0 radical (unpaired) electrons. The Labute approximate surface area is 76.3 Å². The summed E-state index contributed by atoms with van der Waals surface area (Å²) in [6, 6.07) is 0. The van der Waals surface area contributed by atoms with E-state index in [1.54, 1.807) is 0 Å². The number of aliphatic hydroxyl groups is 4. The average molecular weight is 188 g/mol. The molecule has 76 valence electrons. The standard InChI is InChI=1S/C8H14NO4/c1-4(10)8(13)6(11)3-5(9-2)7(8)12/h3-4,6-7,10-13H,1-2H3/q-1. The largest absolute Gasteiger partial charge is 0.688 e. The highest BCUT2D eigenvalue weighted by Gasteiger charge is 2.49. The first-order valence-electron chi connectivity index (χ1n) is 4.02. The number of likely N-dealkylation sites (N-methyl/N-ethyl adjacent to an activating group) is 1. The van der Waals surface area contributed by atoms with Gasteiger partial charge in [-0.25, -0.2) is 0 Å². The Bertz CT molecular complexity index is 228. The van der Waals surface area contributed by atoms with E-state index in [4.69, 9.17) is 0 Å². The molecule has 0 bridgehead atoms. The van der Waals surface area contributed by atoms with Gasteiger partial charge in [-0.15, -0.1) is 12.7 Å². The molecule has 0 aromatic heterocycles. The van der Waals surface area contributed by atoms with Gasteiger partial charge in [0.15, 0.2) is 0 Å². The molecule has 0 aliphatic heterocycles. The predicted molar refractivity (Wildman–Crippen MR) is 46.0 cm³/mol. The minimum absolute atomic E-state index is 0.191. The van der Waals surface area contributed by atoms with E-state index in [1.165, 1.54) is 20.0 Å². The molecular weight excluding hydrogens is 174 g/mol. The molecule has 4 atom stereocenters. The molecule has 0 aromatic rings. The SMILES string of the molecule is C[N-]C1=CC(O)C(O)(C(C)O)C1O. The second-order valence-corrected chi connectivity index (χ2v) is 3.23. The van der Waals surface area contributed by atoms with Crippen molar-refractivity contribution in [2.24, 2.45) is 0 Å². The molecule has 4 N–H and O–H groups in total. The van der Waals surface area contributed by atoms with Gasteiger partial charge in [0.1, 0.15) is 11.7 Å². The van der Waals surface area contributed by atoms with Gasteiger partial charge in [0.2, 0.25) is 0 Å². The summed E-state index contributed by atoms with van der Waals surface area (Å²) in [4.78, 5) is 0. The van der Waals surface area contributed by atoms with Crippen LogP contribution >= 0.6 is 0 Å². The van der Waals surface area contributed by atoms with Gasteiger partial charge in [0.05, 0.1) is 12.2 Å². The van der Waals surface area contributed by atoms with Crippen molar-refractivity contribution in [3.63, 3.8) is 0 Å². The predicted octanol–water partition coefficient (Wildman–Crippen LogP) is -1.28. The van der Waals surface area contributed by atoms with Crippen LogP contribution in [0.5, 0.6) is 0 Å². The summed E-state index contributed by atoms with van der Waals surface area (Å²) in [6.45, 7) is 1.30. The zero-order valence-corrected chi connectivity index (χ0v) is 7.55. The summed E-state index contributed by atoms with van der Waals surface area (Å²) in [5.74, 6) is 0. The van der Waals surface area contributed by atoms with E-state index in [-0.39, 0.29) is 5.70 Å². The zero-order valence-electron chi connectivity index (χ0n) is 7.55. The van der Waals surface area contributed by atoms with Crippen LogP contribution in [0, 0.1) is 0 Å². The molecule has 1 aliphatic rings. The lowest BCUT2D eigenvalue weighted by atomic mass is 9.90. The molecule has 0 saturated heterocycles. The molecular formula is C8H14NO4-. The van der Waals surface area contributed by atoms with Gasteiger partial charge >= 0.3 is 0 Å². The number of rotatable bonds is 2. The van der Waals surface area contributed by atoms with Crippen LogP contribution in [0.2, 0.25) is 0 Å². The summed E-state index contributed by atoms with van der Waals surface area (Å²) < 4.78 is 0. The Hall–Kier alpha value is -0.620. The molecule has 5 nitrogen and oxygen atoms in total. The van der Waals surface area contributed by atoms with E-state index in [1.807, 2.05) is 0 Å². The van der Waals surface area contributed by atoms with Gasteiger partial charge in [-0.3, -0.25) is 0 Å². The first kappa shape index (κ1) is 10.5. The Balaban J connectivity index is 2.94. The van der Waals surface area contributed by atoms with E-state index in [0.29, 0.717) is 0 Å². The van der Waals surface area contributed by atoms with Crippen molar-refractivity contribution in [2.45, 2.75) is 30.8 Å². The minimum Gasteiger partial charge on any atom is -0.688 e. The monoisotopic (exact) mass is 188 g/mol. The van der Waals surface area contributed by atoms with E-state index >= 15 is 0 Å². The third-order valence-electron chi connectivity index (χ3n) is 2.45. The van der Waals surface area contributed by atoms with Crippen LogP contribution in [0.3, 0.4) is 0 Å². The van der Waals surface area contributed by atoms with Gasteiger partial charge in [0, 0.05) is 0 Å². The fourth-order valence-corrected chi connectivity index (χ4v) is 1.46. The zero-order chi connectivity index (χ0) is 10.2. The van der Waals surface area contributed by atoms with Crippen LogP contribution in [0.1, 0.15) is 6.92 Å². The summed E-state index contributed by atoms with van der Waals surface area (Å²) in [5.41, 5.74) is -1.75. The van der Waals surface area contributed by atoms with Gasteiger partial charge in [-0.2, -0.15) is 0 Å². The van der Waals surface area contributed by atoms with Gasteiger partial charge in [-0.1, -0.05) is 6.08 Å². The maximum absolute atomic E-state index is 9.75. The lowest BCUT2D eigenvalue weighted by Crippen LogP contribution is -2.55. The Morgan fingerprint density at radius 1 is 1.54 bits per heavy atom. The number of hydrogen-bond acceptors (Lipinski definition) is 4. The van der Waals surface area contributed by atoms with Crippen LogP contribution in [-0.4, -0.2) is 51.4 Å². The van der Waals surface area contributed by atoms with E-state index < -0.39 is 23.9 Å². The molecule has 0 amide bonds. The lowest BCUT2D eigenvalue weighted by molar-refractivity contribution is -0.162. The fourth-order valence-electron chi connectivity index (χ4n) is 1.46. The average Bonchev–Trinajstić information content (AvgIpc) is 2.30. The highest BCUT2D eigenvalue weighted by Crippen LogP contribution is 2.34. The normalized spacial score (nSPS) is 41.5. The molecule has 0 saturated carbocycles. The first-order chi connectivity index (χ1) is 5.94. The van der Waals surface area contributed by atoms with Crippen molar-refractivity contribution in [1.29, 1.82) is 0 Å². The van der Waals surface area contributed by atoms with Crippen molar-refractivity contribution < 1.29 is 20.4 Å². The summed E-state index contributed by atoms with van der Waals surface area (Å²) in [5, 5.41) is 41.5. The van der Waals surface area contributed by atoms with Gasteiger partial charge < -0.3 is 25.7 Å².